The van der Waals surface area contributed by atoms with Crippen LogP contribution >= 0.6 is 11.6 Å². The largest absolute Gasteiger partial charge is 0.297 e. The van der Waals surface area contributed by atoms with Crippen LogP contribution in [-0.2, 0) is 19.5 Å². The third kappa shape index (κ3) is 2.96. The molecular weight excluding hydrogens is 314 g/mol. The van der Waals surface area contributed by atoms with Crippen LogP contribution in [0.1, 0.15) is 24.8 Å². The molecule has 0 spiro atoms. The molecule has 2 heterocycles. The van der Waals surface area contributed by atoms with E-state index in [0.29, 0.717) is 19.3 Å². The molecule has 1 radical (unpaired) electrons. The first-order valence-electron chi connectivity index (χ1n) is 6.96. The molecule has 1 aromatic rings. The number of aryl methyl sites for hydroxylation is 1. The summed E-state index contributed by atoms with van der Waals surface area (Å²) in [6, 6.07) is 5.78. The third-order valence-electron chi connectivity index (χ3n) is 4.21. The van der Waals surface area contributed by atoms with Crippen molar-refractivity contribution in [3.8, 4) is 0 Å². The van der Waals surface area contributed by atoms with Gasteiger partial charge in [-0.3, -0.25) is 4.18 Å². The summed E-state index contributed by atoms with van der Waals surface area (Å²) in [6.07, 6.45) is 0.868. The van der Waals surface area contributed by atoms with E-state index in [1.54, 1.807) is 12.1 Å². The maximum Gasteiger partial charge on any atom is 0.297 e. The third-order valence-corrected chi connectivity index (χ3v) is 5.91. The molecule has 0 N–H and O–H groups in total. The molecule has 2 fully saturated rings. The number of alkyl halides is 1. The molecule has 3 rings (SSSR count). The number of rotatable bonds is 3. The normalized spacial score (nSPS) is 33.3. The molecule has 0 unspecified atom stereocenters. The maximum absolute atomic E-state index is 12.3. The number of nitrogens with zero attached hydrogens (tertiary/aromatic N) is 1. The molecule has 1 aromatic carbocycles. The van der Waals surface area contributed by atoms with E-state index in [0.717, 1.165) is 10.6 Å². The average molecular weight is 331 g/mol. The Kier molecular flexibility index (Phi) is 4.00. The Morgan fingerprint density at radius 2 is 1.86 bits per heavy atom. The van der Waals surface area contributed by atoms with Crippen LogP contribution in [0.15, 0.2) is 29.2 Å². The quantitative estimate of drug-likeness (QED) is 0.630. The van der Waals surface area contributed by atoms with Crippen LogP contribution in [0.2, 0.25) is 0 Å². The van der Waals surface area contributed by atoms with Crippen molar-refractivity contribution in [2.75, 3.05) is 0 Å². The maximum atomic E-state index is 12.3. The van der Waals surface area contributed by atoms with E-state index in [9.17, 15) is 13.6 Å². The summed E-state index contributed by atoms with van der Waals surface area (Å²) in [5.74, 6) is 0. The SMILES string of the molecule is Cc1ccc(S(=O)(=O)O[C@@H]2C[C@H]3C[C@H](Cl)C[C@@H]2N3[O])cc1. The van der Waals surface area contributed by atoms with Crippen molar-refractivity contribution in [3.63, 3.8) is 0 Å². The molecule has 115 valence electrons. The molecule has 21 heavy (non-hydrogen) atoms. The first-order chi connectivity index (χ1) is 9.87. The van der Waals surface area contributed by atoms with Gasteiger partial charge in [0.05, 0.1) is 17.0 Å². The fourth-order valence-corrected chi connectivity index (χ4v) is 4.60. The number of fused-ring (bicyclic) bond motifs is 2. The van der Waals surface area contributed by atoms with E-state index in [-0.39, 0.29) is 16.3 Å². The van der Waals surface area contributed by atoms with Gasteiger partial charge in [0.15, 0.2) is 0 Å². The number of piperidine rings is 1. The fraction of sp³-hybridized carbons (Fsp3) is 0.571. The second kappa shape index (κ2) is 5.52. The second-order valence-corrected chi connectivity index (χ2v) is 7.98. The molecule has 0 amide bonds. The molecule has 2 aliphatic heterocycles. The number of hydrogen-bond acceptors (Lipinski definition) is 4. The summed E-state index contributed by atoms with van der Waals surface area (Å²) in [7, 11) is -3.85. The van der Waals surface area contributed by atoms with Gasteiger partial charge in [-0.1, -0.05) is 17.7 Å². The molecule has 0 saturated carbocycles. The molecule has 7 heteroatoms. The topological polar surface area (TPSA) is 66.5 Å². The molecule has 2 bridgehead atoms. The molecular formula is C14H17ClNO4S. The van der Waals surface area contributed by atoms with Crippen molar-refractivity contribution in [3.05, 3.63) is 29.8 Å². The van der Waals surface area contributed by atoms with Gasteiger partial charge in [0.1, 0.15) is 0 Å². The Labute approximate surface area is 129 Å². The first-order valence-corrected chi connectivity index (χ1v) is 8.81. The van der Waals surface area contributed by atoms with Crippen LogP contribution in [0.25, 0.3) is 0 Å². The number of benzene rings is 1. The van der Waals surface area contributed by atoms with Crippen molar-refractivity contribution in [2.24, 2.45) is 0 Å². The van der Waals surface area contributed by atoms with Gasteiger partial charge < -0.3 is 0 Å². The number of hydrogen-bond donors (Lipinski definition) is 0. The average Bonchev–Trinajstić information content (AvgIpc) is 2.59. The van der Waals surface area contributed by atoms with E-state index in [1.807, 2.05) is 6.92 Å². The lowest BCUT2D eigenvalue weighted by Gasteiger charge is -2.30. The smallest absolute Gasteiger partial charge is 0.261 e. The number of hydroxylamine groups is 2. The summed E-state index contributed by atoms with van der Waals surface area (Å²) >= 11 is 6.11. The summed E-state index contributed by atoms with van der Waals surface area (Å²) < 4.78 is 29.9. The molecule has 0 aromatic heterocycles. The predicted molar refractivity (Wildman–Crippen MR) is 76.8 cm³/mol. The second-order valence-electron chi connectivity index (χ2n) is 5.79. The van der Waals surface area contributed by atoms with Crippen LogP contribution in [0, 0.1) is 6.92 Å². The monoisotopic (exact) mass is 330 g/mol. The highest BCUT2D eigenvalue weighted by Gasteiger charge is 2.49. The van der Waals surface area contributed by atoms with Gasteiger partial charge in [-0.25, -0.2) is 0 Å². The van der Waals surface area contributed by atoms with Crippen molar-refractivity contribution in [1.29, 1.82) is 0 Å². The van der Waals surface area contributed by atoms with Crippen LogP contribution in [0.3, 0.4) is 0 Å². The summed E-state index contributed by atoms with van der Waals surface area (Å²) in [4.78, 5) is 0.120. The van der Waals surface area contributed by atoms with Gasteiger partial charge >= 0.3 is 0 Å². The molecule has 4 atom stereocenters. The van der Waals surface area contributed by atoms with Gasteiger partial charge in [0.2, 0.25) is 0 Å². The Balaban J connectivity index is 1.79. The molecule has 2 saturated heterocycles. The standard InChI is InChI=1S/C14H17ClNO4S/c1-9-2-4-12(5-3-9)21(18,19)20-14-8-11-6-10(15)7-13(14)16(11)17/h2-5,10-11,13-14H,6-8H2,1H3/t10-,11+,13-,14+/m0/s1. The molecule has 0 aliphatic carbocycles. The zero-order valence-electron chi connectivity index (χ0n) is 11.6. The minimum absolute atomic E-state index is 0.0825. The predicted octanol–water partition coefficient (Wildman–Crippen LogP) is 2.26. The van der Waals surface area contributed by atoms with Crippen LogP contribution in [-0.4, -0.2) is 37.0 Å². The van der Waals surface area contributed by atoms with E-state index < -0.39 is 22.3 Å². The lowest BCUT2D eigenvalue weighted by atomic mass is 10.0. The zero-order valence-corrected chi connectivity index (χ0v) is 13.2. The first kappa shape index (κ1) is 15.2. The Morgan fingerprint density at radius 1 is 1.19 bits per heavy atom. The van der Waals surface area contributed by atoms with Gasteiger partial charge in [-0.05, 0) is 38.3 Å². The zero-order chi connectivity index (χ0) is 15.2. The van der Waals surface area contributed by atoms with E-state index in [2.05, 4.69) is 0 Å². The van der Waals surface area contributed by atoms with Crippen LogP contribution < -0.4 is 0 Å². The Bertz CT molecular complexity index is 618. The highest BCUT2D eigenvalue weighted by atomic mass is 35.5. The lowest BCUT2D eigenvalue weighted by molar-refractivity contribution is -0.210. The van der Waals surface area contributed by atoms with Crippen LogP contribution in [0.4, 0.5) is 0 Å². The minimum Gasteiger partial charge on any atom is -0.261 e. The molecule has 2 aliphatic rings. The van der Waals surface area contributed by atoms with E-state index >= 15 is 0 Å². The van der Waals surface area contributed by atoms with E-state index in [4.69, 9.17) is 15.8 Å². The van der Waals surface area contributed by atoms with Gasteiger partial charge in [0, 0.05) is 11.4 Å². The molecule has 5 nitrogen and oxygen atoms in total. The number of halogens is 1. The van der Waals surface area contributed by atoms with Crippen molar-refractivity contribution < 1.29 is 17.8 Å². The summed E-state index contributed by atoms with van der Waals surface area (Å²) in [5.41, 5.74) is 0.974. The fourth-order valence-electron chi connectivity index (χ4n) is 3.10. The van der Waals surface area contributed by atoms with Crippen molar-refractivity contribution >= 4 is 21.7 Å². The summed E-state index contributed by atoms with van der Waals surface area (Å²) in [5, 5.41) is 12.9. The van der Waals surface area contributed by atoms with Gasteiger partial charge in [-0.15, -0.1) is 21.9 Å². The van der Waals surface area contributed by atoms with Gasteiger partial charge in [-0.2, -0.15) is 8.42 Å². The van der Waals surface area contributed by atoms with Crippen LogP contribution in [0.5, 0.6) is 0 Å². The van der Waals surface area contributed by atoms with E-state index in [1.165, 1.54) is 12.1 Å². The highest BCUT2D eigenvalue weighted by Crippen LogP contribution is 2.39. The van der Waals surface area contributed by atoms with Crippen molar-refractivity contribution in [2.45, 2.75) is 54.6 Å². The Hall–Kier alpha value is -0.660. The van der Waals surface area contributed by atoms with Gasteiger partial charge in [0.25, 0.3) is 10.1 Å². The minimum atomic E-state index is -3.85. The summed E-state index contributed by atoms with van der Waals surface area (Å²) in [6.45, 7) is 1.88. The highest BCUT2D eigenvalue weighted by molar-refractivity contribution is 7.86. The lowest BCUT2D eigenvalue weighted by Crippen LogP contribution is -2.43. The van der Waals surface area contributed by atoms with Crippen molar-refractivity contribution in [1.82, 2.24) is 5.06 Å². The Morgan fingerprint density at radius 3 is 2.52 bits per heavy atom.